The highest BCUT2D eigenvalue weighted by atomic mass is 16.8. The van der Waals surface area contributed by atoms with Gasteiger partial charge in [0.15, 0.2) is 30.9 Å². The lowest BCUT2D eigenvalue weighted by Crippen LogP contribution is -2.67. The van der Waals surface area contributed by atoms with Gasteiger partial charge in [0.05, 0.1) is 45.2 Å². The third-order valence-corrected chi connectivity index (χ3v) is 19.9. The van der Waals surface area contributed by atoms with Crippen molar-refractivity contribution in [3.8, 4) is 0 Å². The van der Waals surface area contributed by atoms with E-state index in [1.165, 1.54) is 0 Å². The first-order valence-corrected chi connectivity index (χ1v) is 26.7. The first-order chi connectivity index (χ1) is 34.7. The number of fused-ring (bicyclic) bond motifs is 7. The molecule has 10 aliphatic rings. The van der Waals surface area contributed by atoms with Gasteiger partial charge in [0, 0.05) is 30.1 Å². The van der Waals surface area contributed by atoms with Gasteiger partial charge in [0.1, 0.15) is 97.3 Å². The smallest absolute Gasteiger partial charge is 0.187 e. The van der Waals surface area contributed by atoms with Gasteiger partial charge in [-0.25, -0.2) is 0 Å². The van der Waals surface area contributed by atoms with E-state index >= 15 is 0 Å². The molecule has 4 saturated carbocycles. The molecule has 0 aromatic carbocycles. The molecular weight excluding hydrogens is 969 g/mol. The number of rotatable bonds is 11. The lowest BCUT2D eigenvalue weighted by molar-refractivity contribution is -0.393. The molecule has 1 spiro atoms. The van der Waals surface area contributed by atoms with E-state index in [0.29, 0.717) is 43.5 Å². The molecule has 0 radical (unpaired) electrons. The topological polar surface area (TPSA) is 352 Å². The molecule has 6 heterocycles. The Hall–Kier alpha value is -1.21. The van der Waals surface area contributed by atoms with Gasteiger partial charge in [0.25, 0.3) is 0 Å². The highest BCUT2D eigenvalue weighted by Gasteiger charge is 2.72. The minimum Gasteiger partial charge on any atom is -0.394 e. The molecule has 6 saturated heterocycles. The Morgan fingerprint density at radius 3 is 1.81 bits per heavy atom. The minimum absolute atomic E-state index is 0.000453. The van der Waals surface area contributed by atoms with Crippen LogP contribution in [0.5, 0.6) is 0 Å². The van der Waals surface area contributed by atoms with Crippen LogP contribution in [-0.4, -0.2) is 235 Å². The number of aliphatic hydroxyl groups excluding tert-OH is 12. The summed E-state index contributed by atoms with van der Waals surface area (Å²) < 4.78 is 60.1. The molecule has 23 heteroatoms. The van der Waals surface area contributed by atoms with Crippen LogP contribution < -0.4 is 0 Å². The van der Waals surface area contributed by atoms with Gasteiger partial charge in [0.2, 0.25) is 0 Å². The van der Waals surface area contributed by atoms with Gasteiger partial charge in [-0.2, -0.15) is 0 Å². The molecule has 0 bridgehead atoms. The van der Waals surface area contributed by atoms with Crippen molar-refractivity contribution in [3.05, 3.63) is 0 Å². The highest BCUT2D eigenvalue weighted by Crippen LogP contribution is 2.70. The first-order valence-electron chi connectivity index (χ1n) is 26.7. The fourth-order valence-electron chi connectivity index (χ4n) is 15.6. The van der Waals surface area contributed by atoms with Crippen molar-refractivity contribution in [3.63, 3.8) is 0 Å². The molecule has 12 N–H and O–H groups in total. The Morgan fingerprint density at radius 1 is 0.589 bits per heavy atom. The summed E-state index contributed by atoms with van der Waals surface area (Å²) in [5.74, 6) is 1.53. The molecule has 0 unspecified atom stereocenters. The summed E-state index contributed by atoms with van der Waals surface area (Å²) in [6.07, 6.45) is -25.6. The number of hydrogen-bond acceptors (Lipinski definition) is 23. The van der Waals surface area contributed by atoms with Gasteiger partial charge in [-0.3, -0.25) is 4.79 Å². The van der Waals surface area contributed by atoms with E-state index in [1.54, 1.807) is 0 Å². The number of ether oxygens (including phenoxy) is 10. The zero-order valence-electron chi connectivity index (χ0n) is 41.9. The van der Waals surface area contributed by atoms with Crippen LogP contribution in [0.15, 0.2) is 0 Å². The number of carbonyl (C=O) groups is 1. The van der Waals surface area contributed by atoms with Gasteiger partial charge in [-0.15, -0.1) is 0 Å². The van der Waals surface area contributed by atoms with Crippen LogP contribution in [0.25, 0.3) is 0 Å². The predicted molar refractivity (Wildman–Crippen MR) is 243 cm³/mol. The maximum atomic E-state index is 14.6. The van der Waals surface area contributed by atoms with E-state index in [9.17, 15) is 66.1 Å². The summed E-state index contributed by atoms with van der Waals surface area (Å²) in [5, 5.41) is 129. The maximum Gasteiger partial charge on any atom is 0.187 e. The van der Waals surface area contributed by atoms with Crippen molar-refractivity contribution in [2.75, 3.05) is 33.0 Å². The largest absolute Gasteiger partial charge is 0.394 e. The number of hydrogen-bond donors (Lipinski definition) is 12. The summed E-state index contributed by atoms with van der Waals surface area (Å²) in [7, 11) is 0. The third-order valence-electron chi connectivity index (χ3n) is 19.9. The van der Waals surface area contributed by atoms with Crippen LogP contribution >= 0.6 is 0 Å². The lowest BCUT2D eigenvalue weighted by Gasteiger charge is -2.60. The Bertz CT molecular complexity index is 1910. The molecule has 6 aliphatic heterocycles. The monoisotopic (exact) mass is 1050 g/mol. The van der Waals surface area contributed by atoms with Gasteiger partial charge >= 0.3 is 0 Å². The minimum atomic E-state index is -2.02. The second-order valence-electron chi connectivity index (χ2n) is 23.7. The van der Waals surface area contributed by atoms with E-state index in [4.69, 9.17) is 47.4 Å². The second kappa shape index (κ2) is 21.1. The Labute approximate surface area is 423 Å². The molecule has 4 aliphatic carbocycles. The number of carbonyl (C=O) groups excluding carboxylic acids is 1. The van der Waals surface area contributed by atoms with Crippen LogP contribution in [0.4, 0.5) is 0 Å². The standard InChI is InChI=1S/C50H80O23/c1-19-7-10-50(65-17-19)20(2)32-27(73-50)12-25-23-6-5-21-11-22(8-9-48(21,3)24(23)13-31(55)49(25,32)4)66-45-39(62)36(59)41(29(15-52)68-45)70-46-40(63)37(60)42(30(16-53)69-46)71-47-43(35(58)34(57)28(14-51)67-47)72-44-38(61)33(56)26(54)18-64-44/h19-30,32-47,51-54,56-63H,5-18H2,1-4H3/t19-,20-,21-,22+,23+,24-,25-,26-,27-,28+,29-,30-,32-,33+,34+,35-,36-,37-,38-,39-,40-,41+,42-,43+,44+,45-,46+,47-,48-,49+,50+/m0/s1. The van der Waals surface area contributed by atoms with E-state index in [1.807, 2.05) is 0 Å². The van der Waals surface area contributed by atoms with Crippen LogP contribution in [0.1, 0.15) is 85.5 Å². The molecule has 10 fully saturated rings. The fraction of sp³-hybridized carbons (Fsp3) is 0.980. The quantitative estimate of drug-likeness (QED) is 0.0913. The third kappa shape index (κ3) is 9.30. The van der Waals surface area contributed by atoms with Crippen LogP contribution in [0.3, 0.4) is 0 Å². The molecule has 0 amide bonds. The summed E-state index contributed by atoms with van der Waals surface area (Å²) in [4.78, 5) is 14.6. The molecule has 0 aromatic heterocycles. The van der Waals surface area contributed by atoms with Gasteiger partial charge in [-0.1, -0.05) is 27.7 Å². The second-order valence-corrected chi connectivity index (χ2v) is 23.7. The molecule has 23 nitrogen and oxygen atoms in total. The van der Waals surface area contributed by atoms with Crippen LogP contribution in [-0.2, 0) is 52.2 Å². The summed E-state index contributed by atoms with van der Waals surface area (Å²) in [6.45, 7) is 6.70. The zero-order valence-corrected chi connectivity index (χ0v) is 41.9. The normalized spacial score (nSPS) is 57.2. The fourth-order valence-corrected chi connectivity index (χ4v) is 15.6. The summed E-state index contributed by atoms with van der Waals surface area (Å²) in [6, 6.07) is 0. The lowest BCUT2D eigenvalue weighted by atomic mass is 9.44. The molecular formula is C50H80O23. The molecule has 418 valence electrons. The van der Waals surface area contributed by atoms with Crippen LogP contribution in [0, 0.1) is 52.3 Å². The number of Topliss-reactive ketones (excluding diaryl/α,β-unsaturated/α-hetero) is 1. The van der Waals surface area contributed by atoms with Crippen LogP contribution in [0.2, 0.25) is 0 Å². The maximum absolute atomic E-state index is 14.6. The Morgan fingerprint density at radius 2 is 1.18 bits per heavy atom. The average molecular weight is 1050 g/mol. The highest BCUT2D eigenvalue weighted by molar-refractivity contribution is 5.87. The van der Waals surface area contributed by atoms with Gasteiger partial charge in [-0.05, 0) is 80.0 Å². The molecule has 10 rings (SSSR count). The van der Waals surface area contributed by atoms with Crippen molar-refractivity contribution in [1.82, 2.24) is 0 Å². The number of ketones is 1. The zero-order chi connectivity index (χ0) is 52.2. The van der Waals surface area contributed by atoms with E-state index in [2.05, 4.69) is 27.7 Å². The average Bonchev–Trinajstić information content (AvgIpc) is 3.83. The molecule has 73 heavy (non-hydrogen) atoms. The van der Waals surface area contributed by atoms with Crippen molar-refractivity contribution in [2.45, 2.75) is 220 Å². The van der Waals surface area contributed by atoms with Crippen molar-refractivity contribution in [2.24, 2.45) is 52.3 Å². The number of aliphatic hydroxyl groups is 12. The predicted octanol–water partition coefficient (Wildman–Crippen LogP) is -3.09. The van der Waals surface area contributed by atoms with E-state index in [-0.39, 0.29) is 47.2 Å². The summed E-state index contributed by atoms with van der Waals surface area (Å²) in [5.41, 5.74) is -0.588. The first kappa shape index (κ1) is 55.1. The molecule has 31 atom stereocenters. The van der Waals surface area contributed by atoms with Crippen molar-refractivity contribution < 1.29 is 113 Å². The Kier molecular flexibility index (Phi) is 15.9. The van der Waals surface area contributed by atoms with E-state index in [0.717, 1.165) is 38.5 Å². The molecule has 0 aromatic rings. The Balaban J connectivity index is 0.756. The SMILES string of the molecule is C[C@H]1CC[C@@]2(OC1)O[C@H]1C[C@H]3[C@@H]4CC[C@H]5C[C@H](O[C@H]6O[C@@H](CO)[C@@H](O[C@H]7O[C@@H](CO)[C@H](O[C@@H]8O[C@H](CO)[C@@H](O)[C@H](O)[C@H]8O[C@H]8OC[C@H](O)[C@@H](O)[C@@H]8O)[C@@H](O)[C@@H]7O)[C@@H](O)[C@@H]6O)CC[C@]5(C)[C@H]4CC(=O)[C@]3(C)[C@H]1[C@@H]2C. The summed E-state index contributed by atoms with van der Waals surface area (Å²) >= 11 is 0. The van der Waals surface area contributed by atoms with E-state index < -0.39 is 154 Å². The van der Waals surface area contributed by atoms with Gasteiger partial charge < -0.3 is 109 Å². The van der Waals surface area contributed by atoms with Crippen molar-refractivity contribution >= 4 is 5.78 Å². The van der Waals surface area contributed by atoms with Crippen molar-refractivity contribution in [1.29, 1.82) is 0 Å².